The van der Waals surface area contributed by atoms with E-state index in [-0.39, 0.29) is 6.42 Å². The zero-order chi connectivity index (χ0) is 12.5. The van der Waals surface area contributed by atoms with Gasteiger partial charge >= 0.3 is 5.97 Å². The second-order valence-electron chi connectivity index (χ2n) is 3.69. The third-order valence-electron chi connectivity index (χ3n) is 2.19. The molecule has 0 spiro atoms. The summed E-state index contributed by atoms with van der Waals surface area (Å²) in [5.41, 5.74) is 0.615. The third-order valence-corrected chi connectivity index (χ3v) is 3.03. The molecule has 96 valence electrons. The number of hydrogen-bond acceptors (Lipinski definition) is 5. The Morgan fingerprint density at radius 1 is 1.53 bits per heavy atom. The Balaban J connectivity index is 2.14. The van der Waals surface area contributed by atoms with Crippen LogP contribution in [0.2, 0.25) is 0 Å². The molecule has 2 N–H and O–H groups in total. The van der Waals surface area contributed by atoms with E-state index in [9.17, 15) is 4.79 Å². The number of anilines is 1. The fourth-order valence-corrected chi connectivity index (χ4v) is 2.11. The Labute approximate surface area is 105 Å². The number of carboxylic acid groups (broad SMARTS) is 1. The lowest BCUT2D eigenvalue weighted by atomic mass is 10.2. The Bertz CT molecular complexity index is 341. The van der Waals surface area contributed by atoms with Crippen LogP contribution in [-0.2, 0) is 16.0 Å². The van der Waals surface area contributed by atoms with Crippen molar-refractivity contribution in [3.8, 4) is 0 Å². The lowest BCUT2D eigenvalue weighted by molar-refractivity contribution is -0.136. The highest BCUT2D eigenvalue weighted by atomic mass is 32.1. The monoisotopic (exact) mass is 258 g/mol. The van der Waals surface area contributed by atoms with Gasteiger partial charge in [-0.1, -0.05) is 0 Å². The van der Waals surface area contributed by atoms with E-state index >= 15 is 0 Å². The molecule has 0 radical (unpaired) electrons. The summed E-state index contributed by atoms with van der Waals surface area (Å²) in [7, 11) is 1.71. The van der Waals surface area contributed by atoms with Crippen molar-refractivity contribution in [2.45, 2.75) is 25.7 Å². The quantitative estimate of drug-likeness (QED) is 0.663. The molecule has 0 aromatic carbocycles. The van der Waals surface area contributed by atoms with Gasteiger partial charge in [0, 0.05) is 25.6 Å². The van der Waals surface area contributed by atoms with Gasteiger partial charge in [0.1, 0.15) is 0 Å². The largest absolute Gasteiger partial charge is 0.481 e. The Kier molecular flexibility index (Phi) is 6.57. The summed E-state index contributed by atoms with van der Waals surface area (Å²) < 4.78 is 4.96. The molecule has 0 fully saturated rings. The van der Waals surface area contributed by atoms with Crippen LogP contribution in [0.4, 0.5) is 5.13 Å². The van der Waals surface area contributed by atoms with Gasteiger partial charge in [0.2, 0.25) is 0 Å². The number of aliphatic carboxylic acids is 1. The summed E-state index contributed by atoms with van der Waals surface area (Å²) >= 11 is 1.45. The summed E-state index contributed by atoms with van der Waals surface area (Å²) in [6.45, 7) is 1.67. The number of aromatic nitrogens is 1. The molecule has 5 nitrogen and oxygen atoms in total. The molecule has 0 atom stereocenters. The highest BCUT2D eigenvalue weighted by Gasteiger charge is 2.05. The molecule has 0 amide bonds. The molecule has 17 heavy (non-hydrogen) atoms. The average Bonchev–Trinajstić information content (AvgIpc) is 2.70. The summed E-state index contributed by atoms with van der Waals surface area (Å²) in [6.07, 6.45) is 3.25. The van der Waals surface area contributed by atoms with E-state index < -0.39 is 5.97 Å². The van der Waals surface area contributed by atoms with E-state index in [2.05, 4.69) is 10.3 Å². The molecule has 1 rings (SSSR count). The maximum atomic E-state index is 10.5. The van der Waals surface area contributed by atoms with Crippen molar-refractivity contribution in [1.82, 2.24) is 4.98 Å². The normalized spacial score (nSPS) is 10.4. The number of rotatable bonds is 9. The first-order valence-corrected chi connectivity index (χ1v) is 6.49. The van der Waals surface area contributed by atoms with Gasteiger partial charge in [-0.05, 0) is 19.3 Å². The molecule has 0 unspecified atom stereocenters. The van der Waals surface area contributed by atoms with Crippen LogP contribution in [0, 0.1) is 0 Å². The van der Waals surface area contributed by atoms with Crippen LogP contribution in [0.3, 0.4) is 0 Å². The molecule has 1 heterocycles. The topological polar surface area (TPSA) is 71.5 Å². The van der Waals surface area contributed by atoms with Gasteiger partial charge in [0.05, 0.1) is 12.1 Å². The SMILES string of the molecule is COCCCCCNc1nc(CC(=O)O)cs1. The number of hydrogen-bond donors (Lipinski definition) is 2. The van der Waals surface area contributed by atoms with E-state index in [1.807, 2.05) is 0 Å². The minimum Gasteiger partial charge on any atom is -0.481 e. The molecular weight excluding hydrogens is 240 g/mol. The van der Waals surface area contributed by atoms with Gasteiger partial charge in [0.15, 0.2) is 5.13 Å². The predicted octanol–water partition coefficient (Wildman–Crippen LogP) is 2.00. The first kappa shape index (κ1) is 13.9. The lowest BCUT2D eigenvalue weighted by Crippen LogP contribution is -2.03. The number of thiazole rings is 1. The van der Waals surface area contributed by atoms with Gasteiger partial charge in [-0.3, -0.25) is 4.79 Å². The van der Waals surface area contributed by atoms with E-state index in [1.54, 1.807) is 12.5 Å². The number of ether oxygens (including phenoxy) is 1. The van der Waals surface area contributed by atoms with Crippen LogP contribution in [0.5, 0.6) is 0 Å². The van der Waals surface area contributed by atoms with Crippen molar-refractivity contribution in [2.24, 2.45) is 0 Å². The minimum absolute atomic E-state index is 0.00792. The fraction of sp³-hybridized carbons (Fsp3) is 0.636. The van der Waals surface area contributed by atoms with Crippen LogP contribution in [0.25, 0.3) is 0 Å². The smallest absolute Gasteiger partial charge is 0.309 e. The van der Waals surface area contributed by atoms with Gasteiger partial charge in [-0.2, -0.15) is 0 Å². The first-order chi connectivity index (χ1) is 8.22. The molecule has 0 saturated carbocycles. The van der Waals surface area contributed by atoms with E-state index in [1.165, 1.54) is 11.3 Å². The molecule has 1 aromatic heterocycles. The van der Waals surface area contributed by atoms with Crippen LogP contribution < -0.4 is 5.32 Å². The second-order valence-corrected chi connectivity index (χ2v) is 4.55. The van der Waals surface area contributed by atoms with Crippen molar-refractivity contribution in [2.75, 3.05) is 25.6 Å². The molecule has 0 aliphatic carbocycles. The number of nitrogens with one attached hydrogen (secondary N) is 1. The molecule has 0 aliphatic rings. The Morgan fingerprint density at radius 3 is 3.06 bits per heavy atom. The van der Waals surface area contributed by atoms with Crippen molar-refractivity contribution >= 4 is 22.4 Å². The number of unbranched alkanes of at least 4 members (excludes halogenated alkanes) is 2. The number of methoxy groups -OCH3 is 1. The Hall–Kier alpha value is -1.14. The standard InChI is InChI=1S/C11H18N2O3S/c1-16-6-4-2-3-5-12-11-13-9(8-17-11)7-10(14)15/h8H,2-7H2,1H3,(H,12,13)(H,14,15). The molecule has 6 heteroatoms. The molecule has 0 aliphatic heterocycles. The average molecular weight is 258 g/mol. The van der Waals surface area contributed by atoms with Crippen LogP contribution >= 0.6 is 11.3 Å². The van der Waals surface area contributed by atoms with Crippen molar-refractivity contribution in [3.05, 3.63) is 11.1 Å². The van der Waals surface area contributed by atoms with Gasteiger partial charge in [0.25, 0.3) is 0 Å². The molecule has 0 saturated heterocycles. The van der Waals surface area contributed by atoms with Crippen LogP contribution in [-0.4, -0.2) is 36.3 Å². The first-order valence-electron chi connectivity index (χ1n) is 5.61. The Morgan fingerprint density at radius 2 is 2.35 bits per heavy atom. The minimum atomic E-state index is -0.846. The highest BCUT2D eigenvalue weighted by molar-refractivity contribution is 7.13. The van der Waals surface area contributed by atoms with Gasteiger partial charge in [-0.25, -0.2) is 4.98 Å². The van der Waals surface area contributed by atoms with Crippen molar-refractivity contribution in [3.63, 3.8) is 0 Å². The van der Waals surface area contributed by atoms with Crippen molar-refractivity contribution < 1.29 is 14.6 Å². The number of nitrogens with zero attached hydrogens (tertiary/aromatic N) is 1. The van der Waals surface area contributed by atoms with Gasteiger partial charge < -0.3 is 15.2 Å². The van der Waals surface area contributed by atoms with Crippen LogP contribution in [0.1, 0.15) is 25.0 Å². The van der Waals surface area contributed by atoms with Gasteiger partial charge in [-0.15, -0.1) is 11.3 Å². The zero-order valence-electron chi connectivity index (χ0n) is 9.94. The van der Waals surface area contributed by atoms with E-state index in [0.29, 0.717) is 5.69 Å². The summed E-state index contributed by atoms with van der Waals surface area (Å²) in [5.74, 6) is -0.846. The van der Waals surface area contributed by atoms with Crippen molar-refractivity contribution in [1.29, 1.82) is 0 Å². The predicted molar refractivity (Wildman–Crippen MR) is 67.7 cm³/mol. The number of carboxylic acids is 1. The third kappa shape index (κ3) is 6.23. The van der Waals surface area contributed by atoms with Crippen LogP contribution in [0.15, 0.2) is 5.38 Å². The maximum absolute atomic E-state index is 10.5. The lowest BCUT2D eigenvalue weighted by Gasteiger charge is -2.02. The van der Waals surface area contributed by atoms with E-state index in [0.717, 1.165) is 37.5 Å². The zero-order valence-corrected chi connectivity index (χ0v) is 10.8. The fourth-order valence-electron chi connectivity index (χ4n) is 1.37. The molecule has 1 aromatic rings. The summed E-state index contributed by atoms with van der Waals surface area (Å²) in [6, 6.07) is 0. The summed E-state index contributed by atoms with van der Waals surface area (Å²) in [4.78, 5) is 14.7. The maximum Gasteiger partial charge on any atom is 0.309 e. The van der Waals surface area contributed by atoms with E-state index in [4.69, 9.17) is 9.84 Å². The summed E-state index contributed by atoms with van der Waals surface area (Å²) in [5, 5.41) is 14.4. The highest BCUT2D eigenvalue weighted by Crippen LogP contribution is 2.15. The molecule has 0 bridgehead atoms. The second kappa shape index (κ2) is 8.03. The number of carbonyl (C=O) groups is 1. The molecular formula is C11H18N2O3S.